The molecule has 0 fully saturated rings. The van der Waals surface area contributed by atoms with Crippen LogP contribution >= 0.6 is 0 Å². The van der Waals surface area contributed by atoms with Crippen molar-refractivity contribution in [2.75, 3.05) is 5.43 Å². The van der Waals surface area contributed by atoms with Crippen molar-refractivity contribution in [3.63, 3.8) is 0 Å². The van der Waals surface area contributed by atoms with Gasteiger partial charge < -0.3 is 5.43 Å². The summed E-state index contributed by atoms with van der Waals surface area (Å²) >= 11 is 0. The van der Waals surface area contributed by atoms with Crippen molar-refractivity contribution in [2.24, 2.45) is 0 Å². The Labute approximate surface area is 100 Å². The maximum Gasteiger partial charge on any atom is 0.0396 e. The van der Waals surface area contributed by atoms with Crippen molar-refractivity contribution in [2.45, 2.75) is 65.8 Å². The maximum atomic E-state index is 3.55. The molecule has 1 unspecified atom stereocenters. The Morgan fingerprint density at radius 3 is 2.31 bits per heavy atom. The van der Waals surface area contributed by atoms with Gasteiger partial charge in [0.05, 0.1) is 0 Å². The summed E-state index contributed by atoms with van der Waals surface area (Å²) in [5.74, 6) is 0. The Balaban J connectivity index is 2.31. The fourth-order valence-electron chi connectivity index (χ4n) is 2.03. The molecule has 0 spiro atoms. The summed E-state index contributed by atoms with van der Waals surface area (Å²) < 4.78 is 2.20. The minimum Gasteiger partial charge on any atom is -0.323 e. The molecule has 16 heavy (non-hydrogen) atoms. The predicted molar refractivity (Wildman–Crippen MR) is 71.5 cm³/mol. The van der Waals surface area contributed by atoms with Gasteiger partial charge in [-0.2, -0.15) is 0 Å². The standard InChI is InChI=1S/C14H26N2/c1-5-6-7-8-9-12(2)15-16-13(3)10-11-14(16)4/h10-12,15H,5-9H2,1-4H3. The van der Waals surface area contributed by atoms with E-state index in [-0.39, 0.29) is 0 Å². The van der Waals surface area contributed by atoms with E-state index in [1.54, 1.807) is 0 Å². The minimum atomic E-state index is 0.557. The number of unbranched alkanes of at least 4 members (excludes halogenated alkanes) is 3. The second-order valence-corrected chi connectivity index (χ2v) is 4.83. The number of nitrogens with one attached hydrogen (secondary N) is 1. The van der Waals surface area contributed by atoms with Crippen LogP contribution in [0.1, 0.15) is 57.3 Å². The van der Waals surface area contributed by atoms with Gasteiger partial charge in [-0.05, 0) is 39.3 Å². The Morgan fingerprint density at radius 1 is 1.12 bits per heavy atom. The summed E-state index contributed by atoms with van der Waals surface area (Å²) in [6, 6.07) is 4.87. The van der Waals surface area contributed by atoms with Gasteiger partial charge in [-0.3, -0.25) is 4.68 Å². The number of aryl methyl sites for hydroxylation is 2. The molecular weight excluding hydrogens is 196 g/mol. The van der Waals surface area contributed by atoms with Crippen molar-refractivity contribution in [1.82, 2.24) is 4.68 Å². The van der Waals surface area contributed by atoms with E-state index < -0.39 is 0 Å². The van der Waals surface area contributed by atoms with Crippen molar-refractivity contribution in [3.8, 4) is 0 Å². The van der Waals surface area contributed by atoms with E-state index in [0.29, 0.717) is 6.04 Å². The van der Waals surface area contributed by atoms with E-state index in [1.165, 1.54) is 43.5 Å². The fraction of sp³-hybridized carbons (Fsp3) is 0.714. The fourth-order valence-corrected chi connectivity index (χ4v) is 2.03. The van der Waals surface area contributed by atoms with Crippen molar-refractivity contribution >= 4 is 0 Å². The number of rotatable bonds is 7. The average molecular weight is 222 g/mol. The first-order valence-electron chi connectivity index (χ1n) is 6.56. The zero-order valence-corrected chi connectivity index (χ0v) is 11.2. The van der Waals surface area contributed by atoms with Crippen LogP contribution in [0.25, 0.3) is 0 Å². The molecule has 0 saturated carbocycles. The third-order valence-corrected chi connectivity index (χ3v) is 3.11. The molecule has 0 bridgehead atoms. The molecule has 1 atom stereocenters. The molecule has 1 aromatic rings. The summed E-state index contributed by atoms with van der Waals surface area (Å²) in [6.07, 6.45) is 6.65. The number of nitrogens with zero attached hydrogens (tertiary/aromatic N) is 1. The summed E-state index contributed by atoms with van der Waals surface area (Å²) in [7, 11) is 0. The SMILES string of the molecule is CCCCCCC(C)Nn1c(C)ccc1C. The van der Waals surface area contributed by atoms with Gasteiger partial charge in [0, 0.05) is 17.4 Å². The highest BCUT2D eigenvalue weighted by Crippen LogP contribution is 2.09. The summed E-state index contributed by atoms with van der Waals surface area (Å²) in [5, 5.41) is 0. The largest absolute Gasteiger partial charge is 0.323 e. The highest BCUT2D eigenvalue weighted by molar-refractivity contribution is 5.15. The number of aromatic nitrogens is 1. The van der Waals surface area contributed by atoms with Gasteiger partial charge in [-0.25, -0.2) is 0 Å². The van der Waals surface area contributed by atoms with Crippen LogP contribution in [0, 0.1) is 13.8 Å². The normalized spacial score (nSPS) is 12.8. The molecule has 0 aliphatic carbocycles. The zero-order chi connectivity index (χ0) is 12.0. The zero-order valence-electron chi connectivity index (χ0n) is 11.2. The van der Waals surface area contributed by atoms with Gasteiger partial charge in [-0.15, -0.1) is 0 Å². The van der Waals surface area contributed by atoms with Crippen LogP contribution in [0.5, 0.6) is 0 Å². The molecule has 1 N–H and O–H groups in total. The van der Waals surface area contributed by atoms with Crippen LogP contribution in [-0.2, 0) is 0 Å². The molecule has 1 aromatic heterocycles. The molecule has 0 radical (unpaired) electrons. The lowest BCUT2D eigenvalue weighted by atomic mass is 10.1. The molecule has 0 saturated heterocycles. The van der Waals surface area contributed by atoms with Crippen LogP contribution in [0.3, 0.4) is 0 Å². The first-order valence-corrected chi connectivity index (χ1v) is 6.56. The maximum absolute atomic E-state index is 3.55. The molecule has 2 nitrogen and oxygen atoms in total. The molecule has 0 aliphatic rings. The van der Waals surface area contributed by atoms with Crippen LogP contribution in [0.15, 0.2) is 12.1 Å². The van der Waals surface area contributed by atoms with E-state index in [9.17, 15) is 0 Å². The topological polar surface area (TPSA) is 17.0 Å². The van der Waals surface area contributed by atoms with E-state index in [4.69, 9.17) is 0 Å². The molecule has 2 heteroatoms. The van der Waals surface area contributed by atoms with E-state index >= 15 is 0 Å². The Hall–Kier alpha value is -0.920. The summed E-state index contributed by atoms with van der Waals surface area (Å²) in [4.78, 5) is 0. The summed E-state index contributed by atoms with van der Waals surface area (Å²) in [5.41, 5.74) is 6.13. The number of hydrogen-bond donors (Lipinski definition) is 1. The van der Waals surface area contributed by atoms with Gasteiger partial charge in [-0.1, -0.05) is 32.6 Å². The van der Waals surface area contributed by atoms with E-state index in [1.807, 2.05) is 0 Å². The smallest absolute Gasteiger partial charge is 0.0396 e. The first-order chi connectivity index (χ1) is 7.65. The third-order valence-electron chi connectivity index (χ3n) is 3.11. The van der Waals surface area contributed by atoms with Crippen LogP contribution < -0.4 is 5.43 Å². The van der Waals surface area contributed by atoms with Gasteiger partial charge in [0.1, 0.15) is 0 Å². The molecule has 0 amide bonds. The monoisotopic (exact) mass is 222 g/mol. The lowest BCUT2D eigenvalue weighted by Gasteiger charge is -2.19. The Kier molecular flexibility index (Phi) is 5.44. The highest BCUT2D eigenvalue weighted by Gasteiger charge is 2.04. The molecule has 1 heterocycles. The Morgan fingerprint density at radius 2 is 1.75 bits per heavy atom. The van der Waals surface area contributed by atoms with Gasteiger partial charge in [0.2, 0.25) is 0 Å². The van der Waals surface area contributed by atoms with Crippen LogP contribution in [0.2, 0.25) is 0 Å². The second-order valence-electron chi connectivity index (χ2n) is 4.83. The van der Waals surface area contributed by atoms with Gasteiger partial charge >= 0.3 is 0 Å². The van der Waals surface area contributed by atoms with Crippen molar-refractivity contribution < 1.29 is 0 Å². The van der Waals surface area contributed by atoms with E-state index in [0.717, 1.165) is 0 Å². The van der Waals surface area contributed by atoms with Crippen LogP contribution in [-0.4, -0.2) is 10.7 Å². The van der Waals surface area contributed by atoms with E-state index in [2.05, 4.69) is 49.9 Å². The number of hydrogen-bond acceptors (Lipinski definition) is 1. The molecular formula is C14H26N2. The third kappa shape index (κ3) is 3.92. The lowest BCUT2D eigenvalue weighted by molar-refractivity contribution is 0.559. The summed E-state index contributed by atoms with van der Waals surface area (Å²) in [6.45, 7) is 8.81. The molecule has 1 rings (SSSR count). The first kappa shape index (κ1) is 13.1. The average Bonchev–Trinajstić information content (AvgIpc) is 2.56. The Bertz CT molecular complexity index is 282. The van der Waals surface area contributed by atoms with Crippen molar-refractivity contribution in [1.29, 1.82) is 0 Å². The highest BCUT2D eigenvalue weighted by atomic mass is 15.4. The van der Waals surface area contributed by atoms with Gasteiger partial charge in [0.15, 0.2) is 0 Å². The molecule has 92 valence electrons. The van der Waals surface area contributed by atoms with Crippen molar-refractivity contribution in [3.05, 3.63) is 23.5 Å². The minimum absolute atomic E-state index is 0.557. The lowest BCUT2D eigenvalue weighted by Crippen LogP contribution is -2.26. The molecule has 0 aromatic carbocycles. The van der Waals surface area contributed by atoms with Gasteiger partial charge in [0.25, 0.3) is 0 Å². The quantitative estimate of drug-likeness (QED) is 0.690. The second kappa shape index (κ2) is 6.62. The predicted octanol–water partition coefficient (Wildman–Crippen LogP) is 4.01. The molecule has 0 aliphatic heterocycles. The van der Waals surface area contributed by atoms with Crippen LogP contribution in [0.4, 0.5) is 0 Å².